The van der Waals surface area contributed by atoms with Crippen molar-refractivity contribution in [2.24, 2.45) is 11.3 Å². The van der Waals surface area contributed by atoms with Crippen molar-refractivity contribution in [2.75, 3.05) is 19.6 Å². The summed E-state index contributed by atoms with van der Waals surface area (Å²) >= 11 is 5.81. The standard InChI is InChI=1S/C18H22ClN3O4/c19-14-5-3-12(4-6-14)8-20-17(26)21-9-15(23)22-10-13-2-1-7-18(13,11-22)16(24)25/h3-6,13H,1-2,7-11H2,(H,24,25)(H2,20,21,26)/t13-,18+/m0/s1. The van der Waals surface area contributed by atoms with E-state index in [1.165, 1.54) is 0 Å². The van der Waals surface area contributed by atoms with Gasteiger partial charge in [-0.1, -0.05) is 30.2 Å². The number of benzene rings is 1. The predicted octanol–water partition coefficient (Wildman–Crippen LogP) is 1.85. The molecule has 1 saturated carbocycles. The fourth-order valence-corrected chi connectivity index (χ4v) is 4.07. The van der Waals surface area contributed by atoms with Crippen LogP contribution < -0.4 is 10.6 Å². The van der Waals surface area contributed by atoms with Crippen LogP contribution in [0.5, 0.6) is 0 Å². The number of hydrogen-bond acceptors (Lipinski definition) is 3. The van der Waals surface area contributed by atoms with E-state index >= 15 is 0 Å². The highest BCUT2D eigenvalue weighted by molar-refractivity contribution is 6.30. The van der Waals surface area contributed by atoms with Crippen molar-refractivity contribution in [3.63, 3.8) is 0 Å². The molecule has 1 aliphatic heterocycles. The quantitative estimate of drug-likeness (QED) is 0.727. The summed E-state index contributed by atoms with van der Waals surface area (Å²) in [4.78, 5) is 37.4. The molecule has 1 saturated heterocycles. The molecular formula is C18H22ClN3O4. The SMILES string of the molecule is O=C(NCC(=O)N1C[C@@H]2CCC[C@@]2(C(=O)O)C1)NCc1ccc(Cl)cc1. The van der Waals surface area contributed by atoms with Crippen molar-refractivity contribution in [2.45, 2.75) is 25.8 Å². The van der Waals surface area contributed by atoms with Crippen molar-refractivity contribution >= 4 is 29.5 Å². The molecule has 26 heavy (non-hydrogen) atoms. The van der Waals surface area contributed by atoms with E-state index < -0.39 is 17.4 Å². The monoisotopic (exact) mass is 379 g/mol. The van der Waals surface area contributed by atoms with E-state index in [1.807, 2.05) is 12.1 Å². The molecule has 1 aromatic rings. The van der Waals surface area contributed by atoms with Gasteiger partial charge in [0, 0.05) is 24.7 Å². The second-order valence-electron chi connectivity index (χ2n) is 6.99. The first-order valence-electron chi connectivity index (χ1n) is 8.68. The summed E-state index contributed by atoms with van der Waals surface area (Å²) in [7, 11) is 0. The Morgan fingerprint density at radius 2 is 1.96 bits per heavy atom. The Kier molecular flexibility index (Phi) is 5.36. The summed E-state index contributed by atoms with van der Waals surface area (Å²) in [5, 5.41) is 15.4. The van der Waals surface area contributed by atoms with Crippen LogP contribution in [0.1, 0.15) is 24.8 Å². The second kappa shape index (κ2) is 7.53. The zero-order valence-electron chi connectivity index (χ0n) is 14.3. The lowest BCUT2D eigenvalue weighted by Gasteiger charge is -2.23. The fourth-order valence-electron chi connectivity index (χ4n) is 3.94. The second-order valence-corrected chi connectivity index (χ2v) is 7.42. The highest BCUT2D eigenvalue weighted by Crippen LogP contribution is 2.48. The van der Waals surface area contributed by atoms with Crippen LogP contribution in [0.15, 0.2) is 24.3 Å². The van der Waals surface area contributed by atoms with Gasteiger partial charge in [0.05, 0.1) is 12.0 Å². The number of nitrogens with zero attached hydrogens (tertiary/aromatic N) is 1. The van der Waals surface area contributed by atoms with E-state index in [1.54, 1.807) is 17.0 Å². The van der Waals surface area contributed by atoms with Crippen LogP contribution >= 0.6 is 11.6 Å². The lowest BCUT2D eigenvalue weighted by atomic mass is 9.81. The van der Waals surface area contributed by atoms with Crippen molar-refractivity contribution < 1.29 is 19.5 Å². The van der Waals surface area contributed by atoms with Gasteiger partial charge < -0.3 is 20.6 Å². The van der Waals surface area contributed by atoms with Gasteiger partial charge in [-0.15, -0.1) is 0 Å². The first-order valence-corrected chi connectivity index (χ1v) is 9.06. The summed E-state index contributed by atoms with van der Waals surface area (Å²) < 4.78 is 0. The van der Waals surface area contributed by atoms with E-state index in [9.17, 15) is 19.5 Å². The summed E-state index contributed by atoms with van der Waals surface area (Å²) in [6, 6.07) is 6.65. The number of carbonyl (C=O) groups is 3. The third-order valence-electron chi connectivity index (χ3n) is 5.42. The molecule has 3 N–H and O–H groups in total. The molecule has 2 fully saturated rings. The molecule has 1 aliphatic carbocycles. The molecule has 0 unspecified atom stereocenters. The van der Waals surface area contributed by atoms with Crippen LogP contribution in [-0.4, -0.2) is 47.5 Å². The smallest absolute Gasteiger partial charge is 0.315 e. The maximum Gasteiger partial charge on any atom is 0.315 e. The van der Waals surface area contributed by atoms with Crippen LogP contribution in [0.2, 0.25) is 5.02 Å². The maximum atomic E-state index is 12.3. The van der Waals surface area contributed by atoms with Gasteiger partial charge in [-0.05, 0) is 36.5 Å². The number of rotatable bonds is 5. The molecule has 140 valence electrons. The molecule has 2 atom stereocenters. The first-order chi connectivity index (χ1) is 12.4. The molecule has 0 aromatic heterocycles. The number of carboxylic acids is 1. The minimum atomic E-state index is -0.816. The van der Waals surface area contributed by atoms with E-state index in [-0.39, 0.29) is 24.9 Å². The molecule has 1 aromatic carbocycles. The van der Waals surface area contributed by atoms with Crippen LogP contribution in [0.25, 0.3) is 0 Å². The molecule has 3 amide bonds. The fraction of sp³-hybridized carbons (Fsp3) is 0.500. The Bertz CT molecular complexity index is 709. The van der Waals surface area contributed by atoms with Crippen molar-refractivity contribution in [3.8, 4) is 0 Å². The van der Waals surface area contributed by atoms with E-state index in [0.717, 1.165) is 18.4 Å². The lowest BCUT2D eigenvalue weighted by molar-refractivity contribution is -0.149. The van der Waals surface area contributed by atoms with E-state index in [2.05, 4.69) is 10.6 Å². The summed E-state index contributed by atoms with van der Waals surface area (Å²) in [5.41, 5.74) is 0.0959. The molecule has 2 aliphatic rings. The minimum Gasteiger partial charge on any atom is -0.481 e. The van der Waals surface area contributed by atoms with Crippen LogP contribution in [0.4, 0.5) is 4.79 Å². The third kappa shape index (κ3) is 3.77. The number of likely N-dealkylation sites (tertiary alicyclic amines) is 1. The molecule has 0 bridgehead atoms. The Labute approximate surface area is 156 Å². The van der Waals surface area contributed by atoms with Gasteiger partial charge in [-0.3, -0.25) is 9.59 Å². The normalized spacial score (nSPS) is 24.2. The molecule has 1 heterocycles. The van der Waals surface area contributed by atoms with Gasteiger partial charge in [0.15, 0.2) is 0 Å². The number of aliphatic carboxylic acids is 1. The number of urea groups is 1. The Balaban J connectivity index is 1.45. The number of carbonyl (C=O) groups excluding carboxylic acids is 2. The summed E-state index contributed by atoms with van der Waals surface area (Å²) in [5.74, 6) is -1.05. The van der Waals surface area contributed by atoms with E-state index in [0.29, 0.717) is 24.5 Å². The Morgan fingerprint density at radius 3 is 2.62 bits per heavy atom. The van der Waals surface area contributed by atoms with Gasteiger partial charge in [-0.2, -0.15) is 0 Å². The first kappa shape index (κ1) is 18.5. The average molecular weight is 380 g/mol. The number of carboxylic acid groups (broad SMARTS) is 1. The van der Waals surface area contributed by atoms with Gasteiger partial charge in [0.25, 0.3) is 0 Å². The van der Waals surface area contributed by atoms with Gasteiger partial charge in [0.1, 0.15) is 0 Å². The highest BCUT2D eigenvalue weighted by Gasteiger charge is 2.55. The van der Waals surface area contributed by atoms with E-state index in [4.69, 9.17) is 11.6 Å². The topological polar surface area (TPSA) is 98.7 Å². The number of fused-ring (bicyclic) bond motifs is 1. The van der Waals surface area contributed by atoms with Crippen LogP contribution in [0.3, 0.4) is 0 Å². The van der Waals surface area contributed by atoms with Gasteiger partial charge in [0.2, 0.25) is 5.91 Å². The lowest BCUT2D eigenvalue weighted by Crippen LogP contribution is -2.44. The number of hydrogen-bond donors (Lipinski definition) is 3. The summed E-state index contributed by atoms with van der Waals surface area (Å²) in [6.45, 7) is 0.874. The number of halogens is 1. The number of amides is 3. The van der Waals surface area contributed by atoms with Crippen molar-refractivity contribution in [1.29, 1.82) is 0 Å². The van der Waals surface area contributed by atoms with Gasteiger partial charge in [-0.25, -0.2) is 4.79 Å². The Morgan fingerprint density at radius 1 is 1.23 bits per heavy atom. The zero-order valence-corrected chi connectivity index (χ0v) is 15.1. The molecule has 0 spiro atoms. The van der Waals surface area contributed by atoms with Gasteiger partial charge >= 0.3 is 12.0 Å². The minimum absolute atomic E-state index is 0.0164. The van der Waals surface area contributed by atoms with Crippen molar-refractivity contribution in [3.05, 3.63) is 34.9 Å². The molecular weight excluding hydrogens is 358 g/mol. The van der Waals surface area contributed by atoms with Crippen molar-refractivity contribution in [1.82, 2.24) is 15.5 Å². The summed E-state index contributed by atoms with van der Waals surface area (Å²) in [6.07, 6.45) is 2.35. The third-order valence-corrected chi connectivity index (χ3v) is 5.67. The Hall–Kier alpha value is -2.28. The molecule has 0 radical (unpaired) electrons. The predicted molar refractivity (Wildman–Crippen MR) is 95.7 cm³/mol. The zero-order chi connectivity index (χ0) is 18.7. The number of nitrogens with one attached hydrogen (secondary N) is 2. The highest BCUT2D eigenvalue weighted by atomic mass is 35.5. The van der Waals surface area contributed by atoms with Crippen LogP contribution in [0, 0.1) is 11.3 Å². The van der Waals surface area contributed by atoms with Crippen LogP contribution in [-0.2, 0) is 16.1 Å². The molecule has 8 heteroatoms. The average Bonchev–Trinajstić information content (AvgIpc) is 3.17. The molecule has 7 nitrogen and oxygen atoms in total. The molecule has 3 rings (SSSR count). The maximum absolute atomic E-state index is 12.3. The largest absolute Gasteiger partial charge is 0.481 e.